The summed E-state index contributed by atoms with van der Waals surface area (Å²) >= 11 is 1.78. The van der Waals surface area contributed by atoms with Gasteiger partial charge in [0.05, 0.1) is 25.3 Å². The van der Waals surface area contributed by atoms with Crippen LogP contribution in [0.15, 0.2) is 47.7 Å². The third-order valence-corrected chi connectivity index (χ3v) is 3.96. The number of aromatic nitrogens is 3. The molecule has 6 heteroatoms. The van der Waals surface area contributed by atoms with Crippen LogP contribution in [0.2, 0.25) is 0 Å². The fraction of sp³-hybridized carbons (Fsp3) is 0.308. The van der Waals surface area contributed by atoms with E-state index in [4.69, 9.17) is 0 Å². The third kappa shape index (κ3) is 3.14. The van der Waals surface area contributed by atoms with Gasteiger partial charge in [0.2, 0.25) is 0 Å². The van der Waals surface area contributed by atoms with Gasteiger partial charge in [-0.2, -0.15) is 0 Å². The highest BCUT2D eigenvalue weighted by molar-refractivity contribution is 8.14. The van der Waals surface area contributed by atoms with Crippen LogP contribution in [0.4, 0.5) is 0 Å². The summed E-state index contributed by atoms with van der Waals surface area (Å²) in [6.07, 6.45) is 3.53. The minimum atomic E-state index is 0.372. The van der Waals surface area contributed by atoms with Gasteiger partial charge in [-0.1, -0.05) is 47.3 Å². The summed E-state index contributed by atoms with van der Waals surface area (Å²) in [6.45, 7) is 1.49. The quantitative estimate of drug-likeness (QED) is 0.921. The number of nitrogens with one attached hydrogen (secondary N) is 1. The number of aliphatic imine (C=N–C) groups is 1. The maximum Gasteiger partial charge on any atom is 0.157 e. The molecule has 19 heavy (non-hydrogen) atoms. The predicted molar refractivity (Wildman–Crippen MR) is 77.1 cm³/mol. The van der Waals surface area contributed by atoms with Crippen LogP contribution in [0.3, 0.4) is 0 Å². The van der Waals surface area contributed by atoms with Crippen molar-refractivity contribution in [3.63, 3.8) is 0 Å². The van der Waals surface area contributed by atoms with Gasteiger partial charge >= 0.3 is 0 Å². The van der Waals surface area contributed by atoms with Crippen molar-refractivity contribution >= 4 is 16.9 Å². The Labute approximate surface area is 116 Å². The van der Waals surface area contributed by atoms with E-state index in [2.05, 4.69) is 44.9 Å². The molecule has 0 spiro atoms. The lowest BCUT2D eigenvalue weighted by Crippen LogP contribution is -2.19. The van der Waals surface area contributed by atoms with Crippen LogP contribution in [0.25, 0.3) is 0 Å². The van der Waals surface area contributed by atoms with Gasteiger partial charge in [-0.05, 0) is 5.56 Å². The Hall–Kier alpha value is -1.82. The summed E-state index contributed by atoms with van der Waals surface area (Å²) in [7, 11) is 0. The fourth-order valence-corrected chi connectivity index (χ4v) is 2.97. The van der Waals surface area contributed by atoms with Gasteiger partial charge in [-0.25, -0.2) is 0 Å². The van der Waals surface area contributed by atoms with Crippen LogP contribution in [-0.2, 0) is 6.54 Å². The van der Waals surface area contributed by atoms with Crippen molar-refractivity contribution in [3.05, 3.63) is 48.3 Å². The second kappa shape index (κ2) is 5.88. The molecule has 98 valence electrons. The molecule has 1 atom stereocenters. The molecular weight excluding hydrogens is 258 g/mol. The molecule has 1 fully saturated rings. The number of rotatable bonds is 4. The SMILES string of the molecule is c1ccc(C2CSC(=NCCn3ccnn3)N2)cc1. The van der Waals surface area contributed by atoms with Gasteiger partial charge in [0.1, 0.15) is 0 Å². The van der Waals surface area contributed by atoms with E-state index in [0.717, 1.165) is 24.0 Å². The second-order valence-corrected chi connectivity index (χ2v) is 5.28. The highest BCUT2D eigenvalue weighted by Crippen LogP contribution is 2.25. The number of nitrogens with zero attached hydrogens (tertiary/aromatic N) is 4. The van der Waals surface area contributed by atoms with Gasteiger partial charge in [0.25, 0.3) is 0 Å². The molecule has 3 rings (SSSR count). The second-order valence-electron chi connectivity index (χ2n) is 4.27. The number of amidine groups is 1. The van der Waals surface area contributed by atoms with Crippen molar-refractivity contribution in [2.45, 2.75) is 12.6 Å². The molecule has 1 aliphatic heterocycles. The molecule has 0 aliphatic carbocycles. The predicted octanol–water partition coefficient (Wildman–Crippen LogP) is 1.71. The van der Waals surface area contributed by atoms with Crippen molar-refractivity contribution in [2.24, 2.45) is 4.99 Å². The van der Waals surface area contributed by atoms with Crippen LogP contribution < -0.4 is 5.32 Å². The van der Waals surface area contributed by atoms with E-state index in [1.165, 1.54) is 5.56 Å². The van der Waals surface area contributed by atoms with E-state index >= 15 is 0 Å². The molecule has 1 aliphatic rings. The van der Waals surface area contributed by atoms with Gasteiger partial charge in [-0.3, -0.25) is 9.67 Å². The Morgan fingerprint density at radius 1 is 1.37 bits per heavy atom. The standard InChI is InChI=1S/C13H15N5S/c1-2-4-11(5-3-1)12-10-19-13(16-12)14-6-8-18-9-7-15-17-18/h1-5,7,9,12H,6,8,10H2,(H,14,16). The molecule has 1 unspecified atom stereocenters. The van der Waals surface area contributed by atoms with E-state index in [1.54, 1.807) is 22.6 Å². The highest BCUT2D eigenvalue weighted by Gasteiger charge is 2.21. The van der Waals surface area contributed by atoms with Crippen molar-refractivity contribution in [1.82, 2.24) is 20.3 Å². The minimum Gasteiger partial charge on any atom is -0.357 e. The number of hydrogen-bond donors (Lipinski definition) is 1. The lowest BCUT2D eigenvalue weighted by atomic mass is 10.1. The molecule has 1 N–H and O–H groups in total. The van der Waals surface area contributed by atoms with Gasteiger partial charge in [0.15, 0.2) is 5.17 Å². The molecule has 1 aromatic heterocycles. The Kier molecular flexibility index (Phi) is 3.78. The number of hydrogen-bond acceptors (Lipinski definition) is 4. The van der Waals surface area contributed by atoms with Crippen LogP contribution in [-0.4, -0.2) is 32.5 Å². The van der Waals surface area contributed by atoms with Crippen molar-refractivity contribution in [3.8, 4) is 0 Å². The molecule has 2 aromatic rings. The monoisotopic (exact) mass is 273 g/mol. The summed E-state index contributed by atoms with van der Waals surface area (Å²) in [5, 5.41) is 12.2. The zero-order valence-electron chi connectivity index (χ0n) is 10.4. The van der Waals surface area contributed by atoms with Crippen molar-refractivity contribution < 1.29 is 0 Å². The Morgan fingerprint density at radius 3 is 3.05 bits per heavy atom. The molecule has 0 radical (unpaired) electrons. The molecule has 1 saturated heterocycles. The van der Waals surface area contributed by atoms with Crippen molar-refractivity contribution in [2.75, 3.05) is 12.3 Å². The molecular formula is C13H15N5S. The van der Waals surface area contributed by atoms with E-state index < -0.39 is 0 Å². The fourth-order valence-electron chi connectivity index (χ4n) is 1.96. The van der Waals surface area contributed by atoms with Gasteiger partial charge in [-0.15, -0.1) is 5.10 Å². The average molecular weight is 273 g/mol. The third-order valence-electron chi connectivity index (χ3n) is 2.94. The summed E-state index contributed by atoms with van der Waals surface area (Å²) in [5.41, 5.74) is 1.32. The smallest absolute Gasteiger partial charge is 0.157 e. The van der Waals surface area contributed by atoms with E-state index in [-0.39, 0.29) is 0 Å². The van der Waals surface area contributed by atoms with E-state index in [1.807, 2.05) is 12.3 Å². The summed E-state index contributed by atoms with van der Waals surface area (Å²) in [4.78, 5) is 4.55. The topological polar surface area (TPSA) is 55.1 Å². The first-order valence-corrected chi connectivity index (χ1v) is 7.23. The first-order valence-electron chi connectivity index (χ1n) is 6.24. The van der Waals surface area contributed by atoms with E-state index in [9.17, 15) is 0 Å². The largest absolute Gasteiger partial charge is 0.357 e. The summed E-state index contributed by atoms with van der Waals surface area (Å²) in [5.74, 6) is 1.03. The highest BCUT2D eigenvalue weighted by atomic mass is 32.2. The number of thioether (sulfide) groups is 1. The normalized spacial score (nSPS) is 20.6. The Morgan fingerprint density at radius 2 is 2.26 bits per heavy atom. The average Bonchev–Trinajstić information content (AvgIpc) is 3.11. The molecule has 5 nitrogen and oxygen atoms in total. The Balaban J connectivity index is 1.54. The van der Waals surface area contributed by atoms with Crippen LogP contribution in [0.1, 0.15) is 11.6 Å². The minimum absolute atomic E-state index is 0.372. The van der Waals surface area contributed by atoms with Crippen LogP contribution >= 0.6 is 11.8 Å². The zero-order chi connectivity index (χ0) is 12.9. The summed E-state index contributed by atoms with van der Waals surface area (Å²) in [6, 6.07) is 10.9. The molecule has 0 amide bonds. The lowest BCUT2D eigenvalue weighted by Gasteiger charge is -2.09. The van der Waals surface area contributed by atoms with Crippen LogP contribution in [0.5, 0.6) is 0 Å². The van der Waals surface area contributed by atoms with Crippen molar-refractivity contribution in [1.29, 1.82) is 0 Å². The maximum absolute atomic E-state index is 4.55. The van der Waals surface area contributed by atoms with Crippen LogP contribution in [0, 0.1) is 0 Å². The molecule has 1 aromatic carbocycles. The number of benzene rings is 1. The Bertz CT molecular complexity index is 537. The molecule has 2 heterocycles. The van der Waals surface area contributed by atoms with Gasteiger partial charge < -0.3 is 5.32 Å². The molecule has 0 bridgehead atoms. The van der Waals surface area contributed by atoms with Gasteiger partial charge in [0, 0.05) is 11.9 Å². The summed E-state index contributed by atoms with van der Waals surface area (Å²) < 4.78 is 1.79. The first kappa shape index (κ1) is 12.2. The maximum atomic E-state index is 4.55. The molecule has 0 saturated carbocycles. The lowest BCUT2D eigenvalue weighted by molar-refractivity contribution is 0.598. The first-order chi connectivity index (χ1) is 9.42. The zero-order valence-corrected chi connectivity index (χ0v) is 11.3. The van der Waals surface area contributed by atoms with E-state index in [0.29, 0.717) is 6.04 Å².